The number of aromatic nitrogens is 3. The second-order valence-electron chi connectivity index (χ2n) is 4.57. The maximum absolute atomic E-state index is 12.5. The van der Waals surface area contributed by atoms with Crippen LogP contribution in [-0.4, -0.2) is 28.0 Å². The maximum Gasteiger partial charge on any atom is 0.278 e. The molecule has 0 aliphatic rings. The number of rotatable bonds is 3. The molecule has 0 atom stereocenters. The fourth-order valence-electron chi connectivity index (χ4n) is 2.22. The van der Waals surface area contributed by atoms with Crippen molar-refractivity contribution in [3.8, 4) is 5.88 Å². The number of carbonyl (C=O) groups excluding carboxylic acids is 1. The van der Waals surface area contributed by atoms with Crippen molar-refractivity contribution in [2.24, 2.45) is 7.05 Å². The van der Waals surface area contributed by atoms with Crippen LogP contribution in [0.3, 0.4) is 0 Å². The summed E-state index contributed by atoms with van der Waals surface area (Å²) in [6.45, 7) is 1.70. The zero-order chi connectivity index (χ0) is 15.0. The lowest BCUT2D eigenvalue weighted by Gasteiger charge is -2.05. The number of hydrogen-bond acceptors (Lipinski definition) is 5. The molecule has 1 N–H and O–H groups in total. The number of nitrogens with one attached hydrogen (secondary N) is 1. The first-order valence-electron chi connectivity index (χ1n) is 6.35. The number of benzene rings is 1. The molecular formula is C14H14N4O3. The molecule has 0 saturated carbocycles. The number of hydrogen-bond donors (Lipinski definition) is 1. The first kappa shape index (κ1) is 13.2. The van der Waals surface area contributed by atoms with Gasteiger partial charge in [0.25, 0.3) is 11.8 Å². The normalized spacial score (nSPS) is 10.8. The summed E-state index contributed by atoms with van der Waals surface area (Å²) in [6, 6.07) is 7.46. The summed E-state index contributed by atoms with van der Waals surface area (Å²) in [5.41, 5.74) is 1.65. The largest absolute Gasteiger partial charge is 0.477 e. The van der Waals surface area contributed by atoms with Gasteiger partial charge in [-0.15, -0.1) is 0 Å². The van der Waals surface area contributed by atoms with E-state index >= 15 is 0 Å². The van der Waals surface area contributed by atoms with Gasteiger partial charge in [-0.25, -0.2) is 0 Å². The quantitative estimate of drug-likeness (QED) is 0.797. The highest BCUT2D eigenvalue weighted by molar-refractivity contribution is 6.11. The predicted molar refractivity (Wildman–Crippen MR) is 76.5 cm³/mol. The molecule has 1 aromatic carbocycles. The molecule has 0 bridgehead atoms. The van der Waals surface area contributed by atoms with Crippen LogP contribution in [0.2, 0.25) is 0 Å². The number of ether oxygens (including phenoxy) is 1. The van der Waals surface area contributed by atoms with Crippen LogP contribution in [0, 0.1) is 6.92 Å². The minimum absolute atomic E-state index is 0.243. The third-order valence-corrected chi connectivity index (χ3v) is 3.22. The van der Waals surface area contributed by atoms with E-state index < -0.39 is 0 Å². The summed E-state index contributed by atoms with van der Waals surface area (Å²) < 4.78 is 11.6. The molecule has 7 heteroatoms. The van der Waals surface area contributed by atoms with Gasteiger partial charge in [0.1, 0.15) is 11.4 Å². The van der Waals surface area contributed by atoms with Crippen LogP contribution in [0.4, 0.5) is 5.69 Å². The monoisotopic (exact) mass is 286 g/mol. The summed E-state index contributed by atoms with van der Waals surface area (Å²) in [5, 5.41) is 11.6. The number of methoxy groups -OCH3 is 1. The average Bonchev–Trinajstić information content (AvgIpc) is 2.98. The molecule has 0 unspecified atom stereocenters. The lowest BCUT2D eigenvalue weighted by atomic mass is 10.2. The number of aryl methyl sites for hydroxylation is 2. The van der Waals surface area contributed by atoms with Crippen molar-refractivity contribution in [1.82, 2.24) is 14.9 Å². The molecule has 7 nitrogen and oxygen atoms in total. The number of anilines is 1. The van der Waals surface area contributed by atoms with Gasteiger partial charge in [-0.3, -0.25) is 9.48 Å². The van der Waals surface area contributed by atoms with Gasteiger partial charge in [0.2, 0.25) is 0 Å². The lowest BCUT2D eigenvalue weighted by Crippen LogP contribution is -2.17. The molecule has 3 rings (SSSR count). The molecular weight excluding hydrogens is 272 g/mol. The van der Waals surface area contributed by atoms with Crippen molar-refractivity contribution in [3.63, 3.8) is 0 Å². The van der Waals surface area contributed by atoms with E-state index in [1.165, 1.54) is 7.11 Å². The van der Waals surface area contributed by atoms with Gasteiger partial charge in [-0.2, -0.15) is 5.10 Å². The van der Waals surface area contributed by atoms with Crippen molar-refractivity contribution in [2.45, 2.75) is 6.92 Å². The van der Waals surface area contributed by atoms with Crippen molar-refractivity contribution in [2.75, 3.05) is 12.4 Å². The van der Waals surface area contributed by atoms with Crippen molar-refractivity contribution >= 4 is 22.5 Å². The molecule has 0 radical (unpaired) electrons. The van der Waals surface area contributed by atoms with Crippen LogP contribution in [0.15, 0.2) is 28.8 Å². The van der Waals surface area contributed by atoms with E-state index in [1.54, 1.807) is 18.7 Å². The Morgan fingerprint density at radius 2 is 2.14 bits per heavy atom. The first-order chi connectivity index (χ1) is 10.1. The molecule has 0 aliphatic heterocycles. The van der Waals surface area contributed by atoms with Gasteiger partial charge in [-0.05, 0) is 18.1 Å². The second-order valence-corrected chi connectivity index (χ2v) is 4.57. The Labute approximate surface area is 120 Å². The van der Waals surface area contributed by atoms with E-state index in [1.807, 2.05) is 24.3 Å². The van der Waals surface area contributed by atoms with E-state index in [2.05, 4.69) is 15.6 Å². The van der Waals surface area contributed by atoms with Gasteiger partial charge >= 0.3 is 0 Å². The fraction of sp³-hybridized carbons (Fsp3) is 0.214. The molecule has 0 spiro atoms. The van der Waals surface area contributed by atoms with Gasteiger partial charge in [0, 0.05) is 12.4 Å². The molecule has 0 saturated heterocycles. The van der Waals surface area contributed by atoms with Crippen molar-refractivity contribution in [1.29, 1.82) is 0 Å². The Morgan fingerprint density at radius 3 is 2.90 bits per heavy atom. The lowest BCUT2D eigenvalue weighted by molar-refractivity contribution is 0.101. The first-order valence-corrected chi connectivity index (χ1v) is 6.35. The highest BCUT2D eigenvalue weighted by Crippen LogP contribution is 2.28. The van der Waals surface area contributed by atoms with Gasteiger partial charge in [0.15, 0.2) is 5.76 Å². The van der Waals surface area contributed by atoms with Crippen LogP contribution in [0.25, 0.3) is 10.9 Å². The molecule has 3 aromatic rings. The van der Waals surface area contributed by atoms with Gasteiger partial charge in [0.05, 0.1) is 12.6 Å². The van der Waals surface area contributed by atoms with Crippen LogP contribution >= 0.6 is 0 Å². The summed E-state index contributed by atoms with van der Waals surface area (Å²) in [5.74, 6) is 0.426. The van der Waals surface area contributed by atoms with Crippen molar-refractivity contribution in [3.05, 3.63) is 35.7 Å². The average molecular weight is 286 g/mol. The Morgan fingerprint density at radius 1 is 1.38 bits per heavy atom. The van der Waals surface area contributed by atoms with Crippen LogP contribution in [0.5, 0.6) is 5.88 Å². The Bertz CT molecular complexity index is 819. The van der Waals surface area contributed by atoms with E-state index in [9.17, 15) is 4.79 Å². The smallest absolute Gasteiger partial charge is 0.278 e. The number of carbonyl (C=O) groups is 1. The molecule has 0 aliphatic carbocycles. The summed E-state index contributed by atoms with van der Waals surface area (Å²) in [4.78, 5) is 12.5. The SMILES string of the molecule is COc1noc(C)c1NC(=O)c1c2ccccc2nn1C. The molecule has 1 amide bonds. The topological polar surface area (TPSA) is 82.2 Å². The van der Waals surface area contributed by atoms with E-state index in [-0.39, 0.29) is 11.8 Å². The summed E-state index contributed by atoms with van der Waals surface area (Å²) in [6.07, 6.45) is 0. The molecule has 21 heavy (non-hydrogen) atoms. The van der Waals surface area contributed by atoms with Crippen LogP contribution in [-0.2, 0) is 7.05 Å². The highest BCUT2D eigenvalue weighted by atomic mass is 16.5. The standard InChI is InChI=1S/C14H14N4O3/c1-8-11(14(20-3)17-21-8)15-13(19)12-9-6-4-5-7-10(9)16-18(12)2/h4-7H,1-3H3,(H,15,19). The summed E-state index contributed by atoms with van der Waals surface area (Å²) in [7, 11) is 3.19. The highest BCUT2D eigenvalue weighted by Gasteiger charge is 2.21. The van der Waals surface area contributed by atoms with Crippen LogP contribution in [0.1, 0.15) is 16.2 Å². The zero-order valence-corrected chi connectivity index (χ0v) is 11.9. The minimum atomic E-state index is -0.296. The number of nitrogens with zero attached hydrogens (tertiary/aromatic N) is 3. The van der Waals surface area contributed by atoms with Gasteiger partial charge < -0.3 is 14.6 Å². The van der Waals surface area contributed by atoms with Crippen molar-refractivity contribution < 1.29 is 14.1 Å². The fourth-order valence-corrected chi connectivity index (χ4v) is 2.22. The summed E-state index contributed by atoms with van der Waals surface area (Å²) >= 11 is 0. The second kappa shape index (κ2) is 4.93. The molecule has 108 valence electrons. The van der Waals surface area contributed by atoms with Gasteiger partial charge in [-0.1, -0.05) is 18.2 Å². The van der Waals surface area contributed by atoms with E-state index in [0.717, 1.165) is 10.9 Å². The van der Waals surface area contributed by atoms with E-state index in [4.69, 9.17) is 9.26 Å². The zero-order valence-electron chi connectivity index (χ0n) is 11.9. The minimum Gasteiger partial charge on any atom is -0.477 e. The molecule has 2 heterocycles. The Hall–Kier alpha value is -2.83. The number of fused-ring (bicyclic) bond motifs is 1. The Kier molecular flexibility index (Phi) is 3.09. The number of amides is 1. The predicted octanol–water partition coefficient (Wildman–Crippen LogP) is 2.13. The maximum atomic E-state index is 12.5. The third-order valence-electron chi connectivity index (χ3n) is 3.22. The molecule has 0 fully saturated rings. The molecule has 2 aromatic heterocycles. The van der Waals surface area contributed by atoms with Crippen LogP contribution < -0.4 is 10.1 Å². The third kappa shape index (κ3) is 2.12. The Balaban J connectivity index is 2.01. The van der Waals surface area contributed by atoms with E-state index in [0.29, 0.717) is 17.1 Å².